The molecule has 98 valence electrons. The number of hydrogen-bond acceptors (Lipinski definition) is 5. The first-order valence-electron chi connectivity index (χ1n) is 6.26. The second kappa shape index (κ2) is 6.57. The average molecular weight is 255 g/mol. The molecule has 0 atom stereocenters. The Labute approximate surface area is 113 Å². The van der Waals surface area contributed by atoms with Crippen LogP contribution in [0.2, 0.25) is 0 Å². The van der Waals surface area contributed by atoms with E-state index in [1.807, 2.05) is 18.2 Å². The lowest BCUT2D eigenvalue weighted by Gasteiger charge is -2.29. The van der Waals surface area contributed by atoms with Crippen molar-refractivity contribution < 1.29 is 0 Å². The number of allylic oxidation sites excluding steroid dienone is 1. The van der Waals surface area contributed by atoms with Crippen molar-refractivity contribution in [3.63, 3.8) is 0 Å². The summed E-state index contributed by atoms with van der Waals surface area (Å²) < 4.78 is 0. The molecule has 0 bridgehead atoms. The van der Waals surface area contributed by atoms with Crippen LogP contribution in [0.1, 0.15) is 5.56 Å². The molecule has 1 aliphatic heterocycles. The van der Waals surface area contributed by atoms with Gasteiger partial charge in [0.05, 0.1) is 23.2 Å². The molecular weight excluding hydrogens is 238 g/mol. The van der Waals surface area contributed by atoms with E-state index in [1.165, 1.54) is 0 Å². The zero-order valence-electron chi connectivity index (χ0n) is 10.7. The number of aliphatic imine (C=N–C) groups is 1. The third-order valence-electron chi connectivity index (χ3n) is 3.01. The summed E-state index contributed by atoms with van der Waals surface area (Å²) in [7, 11) is 0. The zero-order valence-corrected chi connectivity index (χ0v) is 10.7. The molecule has 0 radical (unpaired) electrons. The first kappa shape index (κ1) is 13.1. The fourth-order valence-electron chi connectivity index (χ4n) is 1.97. The standard InChI is InChI=1S/C14H17N5/c15-9-12-3-1-2-4-14(12)18-11-13(10-16)19-7-5-17-6-8-19/h1-4,10-11,17H,5-8,16H2. The Balaban J connectivity index is 2.14. The van der Waals surface area contributed by atoms with Crippen molar-refractivity contribution in [2.24, 2.45) is 10.7 Å². The Morgan fingerprint density at radius 3 is 2.79 bits per heavy atom. The van der Waals surface area contributed by atoms with Crippen LogP contribution in [0.5, 0.6) is 0 Å². The normalized spacial score (nSPS) is 16.6. The van der Waals surface area contributed by atoms with Gasteiger partial charge in [-0.2, -0.15) is 5.26 Å². The van der Waals surface area contributed by atoms with Gasteiger partial charge in [0.2, 0.25) is 0 Å². The first-order valence-corrected chi connectivity index (χ1v) is 6.26. The number of benzene rings is 1. The van der Waals surface area contributed by atoms with Crippen LogP contribution in [-0.2, 0) is 0 Å². The molecule has 0 amide bonds. The topological polar surface area (TPSA) is 77.4 Å². The Kier molecular flexibility index (Phi) is 4.54. The molecule has 5 heteroatoms. The number of nitrogens with two attached hydrogens (primary N) is 1. The van der Waals surface area contributed by atoms with Crippen LogP contribution in [0.4, 0.5) is 5.69 Å². The minimum Gasteiger partial charge on any atom is -0.403 e. The minimum absolute atomic E-state index is 0.565. The van der Waals surface area contributed by atoms with Crippen LogP contribution < -0.4 is 11.1 Å². The summed E-state index contributed by atoms with van der Waals surface area (Å²) in [4.78, 5) is 6.54. The Morgan fingerprint density at radius 1 is 1.37 bits per heavy atom. The van der Waals surface area contributed by atoms with E-state index in [9.17, 15) is 0 Å². The molecule has 1 aliphatic rings. The highest BCUT2D eigenvalue weighted by Crippen LogP contribution is 2.17. The molecule has 0 aromatic heterocycles. The van der Waals surface area contributed by atoms with Gasteiger partial charge in [-0.05, 0) is 12.1 Å². The summed E-state index contributed by atoms with van der Waals surface area (Å²) in [6.45, 7) is 3.71. The maximum atomic E-state index is 9.01. The molecule has 19 heavy (non-hydrogen) atoms. The van der Waals surface area contributed by atoms with E-state index >= 15 is 0 Å². The molecule has 5 nitrogen and oxygen atoms in total. The molecule has 1 fully saturated rings. The number of hydrogen-bond donors (Lipinski definition) is 2. The van der Waals surface area contributed by atoms with E-state index in [-0.39, 0.29) is 0 Å². The van der Waals surface area contributed by atoms with Crippen molar-refractivity contribution in [1.29, 1.82) is 5.26 Å². The van der Waals surface area contributed by atoms with Gasteiger partial charge in [-0.15, -0.1) is 0 Å². The van der Waals surface area contributed by atoms with Gasteiger partial charge in [0.25, 0.3) is 0 Å². The second-order valence-electron chi connectivity index (χ2n) is 4.22. The fraction of sp³-hybridized carbons (Fsp3) is 0.286. The van der Waals surface area contributed by atoms with Gasteiger partial charge in [-0.25, -0.2) is 0 Å². The van der Waals surface area contributed by atoms with E-state index < -0.39 is 0 Å². The van der Waals surface area contributed by atoms with Crippen LogP contribution in [-0.4, -0.2) is 37.3 Å². The quantitative estimate of drug-likeness (QED) is 0.789. The maximum absolute atomic E-state index is 9.01. The number of piperazine rings is 1. The molecule has 2 rings (SSSR count). The predicted molar refractivity (Wildman–Crippen MR) is 76.0 cm³/mol. The highest BCUT2D eigenvalue weighted by molar-refractivity contribution is 5.81. The SMILES string of the molecule is N#Cc1ccccc1N=CC(=CN)N1CCNCC1. The van der Waals surface area contributed by atoms with E-state index in [4.69, 9.17) is 11.0 Å². The predicted octanol–water partition coefficient (Wildman–Crippen LogP) is 0.966. The van der Waals surface area contributed by atoms with Gasteiger partial charge in [0.15, 0.2) is 0 Å². The number of para-hydroxylation sites is 1. The lowest BCUT2D eigenvalue weighted by Crippen LogP contribution is -2.43. The highest BCUT2D eigenvalue weighted by atomic mass is 15.2. The largest absolute Gasteiger partial charge is 0.403 e. The number of nitrogens with one attached hydrogen (secondary N) is 1. The summed E-state index contributed by atoms with van der Waals surface area (Å²) >= 11 is 0. The lowest BCUT2D eigenvalue weighted by atomic mass is 10.2. The van der Waals surface area contributed by atoms with Crippen molar-refractivity contribution >= 4 is 11.9 Å². The molecule has 0 unspecified atom stereocenters. The van der Waals surface area contributed by atoms with Crippen LogP contribution in [0.15, 0.2) is 41.2 Å². The number of rotatable bonds is 3. The van der Waals surface area contributed by atoms with Gasteiger partial charge in [0.1, 0.15) is 6.07 Å². The van der Waals surface area contributed by atoms with Crippen LogP contribution in [0, 0.1) is 11.3 Å². The third-order valence-corrected chi connectivity index (χ3v) is 3.01. The molecule has 1 heterocycles. The van der Waals surface area contributed by atoms with Crippen LogP contribution in [0.3, 0.4) is 0 Å². The zero-order chi connectivity index (χ0) is 13.5. The van der Waals surface area contributed by atoms with Gasteiger partial charge in [-0.3, -0.25) is 4.99 Å². The van der Waals surface area contributed by atoms with Gasteiger partial charge in [0, 0.05) is 32.4 Å². The van der Waals surface area contributed by atoms with Gasteiger partial charge >= 0.3 is 0 Å². The van der Waals surface area contributed by atoms with E-state index in [1.54, 1.807) is 18.5 Å². The van der Waals surface area contributed by atoms with E-state index in [2.05, 4.69) is 21.3 Å². The summed E-state index contributed by atoms with van der Waals surface area (Å²) in [6.07, 6.45) is 3.28. The highest BCUT2D eigenvalue weighted by Gasteiger charge is 2.11. The molecule has 1 aromatic rings. The average Bonchev–Trinajstić information content (AvgIpc) is 2.49. The lowest BCUT2D eigenvalue weighted by molar-refractivity contribution is 0.312. The fourth-order valence-corrected chi connectivity index (χ4v) is 1.97. The smallest absolute Gasteiger partial charge is 0.101 e. The molecule has 0 aliphatic carbocycles. The molecule has 0 saturated carbocycles. The van der Waals surface area contributed by atoms with Gasteiger partial charge < -0.3 is 16.0 Å². The molecule has 1 saturated heterocycles. The van der Waals surface area contributed by atoms with Crippen molar-refractivity contribution in [1.82, 2.24) is 10.2 Å². The molecule has 1 aromatic carbocycles. The van der Waals surface area contributed by atoms with Crippen LogP contribution in [0.25, 0.3) is 0 Å². The minimum atomic E-state index is 0.565. The second-order valence-corrected chi connectivity index (χ2v) is 4.22. The van der Waals surface area contributed by atoms with Crippen LogP contribution >= 0.6 is 0 Å². The first-order chi connectivity index (χ1) is 9.35. The molecule has 0 spiro atoms. The Morgan fingerprint density at radius 2 is 2.11 bits per heavy atom. The molecular formula is C14H17N5. The van der Waals surface area contributed by atoms with Crippen molar-refractivity contribution in [3.05, 3.63) is 41.7 Å². The number of nitrogens with zero attached hydrogens (tertiary/aromatic N) is 3. The maximum Gasteiger partial charge on any atom is 0.101 e. The summed E-state index contributed by atoms with van der Waals surface area (Å²) in [6, 6.07) is 9.39. The summed E-state index contributed by atoms with van der Waals surface area (Å²) in [5.41, 5.74) is 7.77. The van der Waals surface area contributed by atoms with Crippen molar-refractivity contribution in [2.75, 3.05) is 26.2 Å². The third kappa shape index (κ3) is 3.33. The Bertz CT molecular complexity index is 521. The summed E-state index contributed by atoms with van der Waals surface area (Å²) in [5, 5.41) is 12.3. The van der Waals surface area contributed by atoms with E-state index in [0.29, 0.717) is 11.3 Å². The summed E-state index contributed by atoms with van der Waals surface area (Å²) in [5.74, 6) is 0. The van der Waals surface area contributed by atoms with Gasteiger partial charge in [-0.1, -0.05) is 12.1 Å². The monoisotopic (exact) mass is 255 g/mol. The Hall–Kier alpha value is -2.32. The molecule has 3 N–H and O–H groups in total. The van der Waals surface area contributed by atoms with Crippen molar-refractivity contribution in [3.8, 4) is 6.07 Å². The van der Waals surface area contributed by atoms with E-state index in [0.717, 1.165) is 31.9 Å². The number of nitriles is 1. The van der Waals surface area contributed by atoms with Crippen molar-refractivity contribution in [2.45, 2.75) is 0 Å².